The number of fused-ring (bicyclic) bond motifs is 1. The molecular formula is C22H25Cl2N3O2. The number of hydrogen-bond donors (Lipinski definition) is 0. The number of halogens is 2. The van der Waals surface area contributed by atoms with Crippen LogP contribution in [0.15, 0.2) is 54.9 Å². The highest BCUT2D eigenvalue weighted by Crippen LogP contribution is 2.24. The fourth-order valence-electron chi connectivity index (χ4n) is 3.49. The van der Waals surface area contributed by atoms with Crippen LogP contribution in [0.3, 0.4) is 0 Å². The van der Waals surface area contributed by atoms with Gasteiger partial charge >= 0.3 is 0 Å². The minimum absolute atomic E-state index is 0. The van der Waals surface area contributed by atoms with Gasteiger partial charge in [0.1, 0.15) is 11.9 Å². The minimum atomic E-state index is 0. The molecule has 1 aliphatic heterocycles. The maximum Gasteiger partial charge on any atom is 0.222 e. The predicted molar refractivity (Wildman–Crippen MR) is 120 cm³/mol. The van der Waals surface area contributed by atoms with Crippen LogP contribution in [-0.4, -0.2) is 40.0 Å². The maximum atomic E-state index is 11.8. The summed E-state index contributed by atoms with van der Waals surface area (Å²) in [6.07, 6.45) is 6.02. The summed E-state index contributed by atoms with van der Waals surface area (Å²) in [5, 5.41) is 1.12. The van der Waals surface area contributed by atoms with Crippen LogP contribution in [-0.2, 0) is 4.79 Å². The Hall–Kier alpha value is -2.37. The fraction of sp³-hybridized carbons (Fsp3) is 0.318. The van der Waals surface area contributed by atoms with E-state index in [0.717, 1.165) is 53.8 Å². The van der Waals surface area contributed by atoms with Crippen LogP contribution < -0.4 is 4.74 Å². The Morgan fingerprint density at radius 3 is 2.59 bits per heavy atom. The zero-order chi connectivity index (χ0) is 18.6. The van der Waals surface area contributed by atoms with E-state index in [-0.39, 0.29) is 36.8 Å². The van der Waals surface area contributed by atoms with Crippen molar-refractivity contribution >= 4 is 41.6 Å². The summed E-state index contributed by atoms with van der Waals surface area (Å²) in [7, 11) is 0. The van der Waals surface area contributed by atoms with Crippen LogP contribution in [0.4, 0.5) is 0 Å². The second-order valence-corrected chi connectivity index (χ2v) is 6.84. The highest BCUT2D eigenvalue weighted by Gasteiger charge is 2.23. The van der Waals surface area contributed by atoms with Gasteiger partial charge < -0.3 is 9.64 Å². The van der Waals surface area contributed by atoms with Crippen molar-refractivity contribution in [3.8, 4) is 17.0 Å². The molecule has 0 unspecified atom stereocenters. The third-order valence-corrected chi connectivity index (χ3v) is 5.04. The van der Waals surface area contributed by atoms with Crippen LogP contribution in [0.25, 0.3) is 22.2 Å². The lowest BCUT2D eigenvalue weighted by atomic mass is 10.1. The Kier molecular flexibility index (Phi) is 8.23. The van der Waals surface area contributed by atoms with E-state index in [1.807, 2.05) is 30.0 Å². The van der Waals surface area contributed by atoms with Crippen molar-refractivity contribution < 1.29 is 9.53 Å². The zero-order valence-electron chi connectivity index (χ0n) is 16.3. The molecule has 5 nitrogen and oxygen atoms in total. The highest BCUT2D eigenvalue weighted by molar-refractivity contribution is 5.85. The summed E-state index contributed by atoms with van der Waals surface area (Å²) in [6, 6.07) is 14.1. The van der Waals surface area contributed by atoms with Crippen LogP contribution >= 0.6 is 24.8 Å². The highest BCUT2D eigenvalue weighted by atomic mass is 35.5. The Bertz CT molecular complexity index is 942. The zero-order valence-corrected chi connectivity index (χ0v) is 17.9. The monoisotopic (exact) mass is 433 g/mol. The summed E-state index contributed by atoms with van der Waals surface area (Å²) in [4.78, 5) is 22.6. The van der Waals surface area contributed by atoms with Gasteiger partial charge in [-0.3, -0.25) is 14.8 Å². The second kappa shape index (κ2) is 10.4. The number of carbonyl (C=O) groups is 1. The number of amides is 1. The number of carbonyl (C=O) groups excluding carboxylic acids is 1. The average Bonchev–Trinajstić information content (AvgIpc) is 2.74. The van der Waals surface area contributed by atoms with Gasteiger partial charge in [-0.25, -0.2) is 0 Å². The molecule has 4 rings (SSSR count). The predicted octanol–water partition coefficient (Wildman–Crippen LogP) is 4.92. The first-order chi connectivity index (χ1) is 13.2. The number of pyridine rings is 2. The lowest BCUT2D eigenvalue weighted by molar-refractivity contribution is -0.132. The summed E-state index contributed by atoms with van der Waals surface area (Å²) >= 11 is 0. The third kappa shape index (κ3) is 5.37. The smallest absolute Gasteiger partial charge is 0.222 e. The Balaban J connectivity index is 0.00000150. The van der Waals surface area contributed by atoms with Gasteiger partial charge in [0.2, 0.25) is 5.91 Å². The number of rotatable bonds is 4. The van der Waals surface area contributed by atoms with Gasteiger partial charge in [-0.05, 0) is 24.3 Å². The molecule has 0 bridgehead atoms. The number of benzene rings is 1. The molecule has 0 saturated carbocycles. The van der Waals surface area contributed by atoms with Crippen LogP contribution in [0.2, 0.25) is 0 Å². The third-order valence-electron chi connectivity index (χ3n) is 5.04. The fourth-order valence-corrected chi connectivity index (χ4v) is 3.49. The molecule has 1 saturated heterocycles. The molecule has 1 amide bonds. The topological polar surface area (TPSA) is 55.3 Å². The molecular weight excluding hydrogens is 409 g/mol. The van der Waals surface area contributed by atoms with Crippen molar-refractivity contribution in [2.45, 2.75) is 32.3 Å². The normalized spacial score (nSPS) is 14.0. The van der Waals surface area contributed by atoms with Gasteiger partial charge in [0, 0.05) is 49.5 Å². The molecule has 3 heterocycles. The number of ether oxygens (including phenoxy) is 1. The molecule has 29 heavy (non-hydrogen) atoms. The van der Waals surface area contributed by atoms with E-state index in [1.165, 1.54) is 0 Å². The Morgan fingerprint density at radius 2 is 1.90 bits per heavy atom. The van der Waals surface area contributed by atoms with Crippen molar-refractivity contribution in [1.82, 2.24) is 14.9 Å². The van der Waals surface area contributed by atoms with Crippen LogP contribution in [0, 0.1) is 0 Å². The summed E-state index contributed by atoms with van der Waals surface area (Å²) < 4.78 is 6.07. The van der Waals surface area contributed by atoms with Gasteiger partial charge in [0.05, 0.1) is 17.4 Å². The standard InChI is InChI=1S/C22H23N3O2.2ClH/c1-2-22(26)25-12-9-18(10-13-25)27-19-7-8-20(24-15-19)17-6-5-16-4-3-11-23-21(16)14-17;;/h3-8,11,14-15,18H,2,9-10,12-13H2,1H3;2*1H. The molecule has 0 radical (unpaired) electrons. The molecule has 0 aliphatic carbocycles. The molecule has 2 aromatic heterocycles. The molecule has 1 aliphatic rings. The second-order valence-electron chi connectivity index (χ2n) is 6.84. The molecule has 3 aromatic rings. The first kappa shape index (κ1) is 22.9. The van der Waals surface area contributed by atoms with Gasteiger partial charge in [-0.2, -0.15) is 0 Å². The molecule has 7 heteroatoms. The van der Waals surface area contributed by atoms with E-state index in [4.69, 9.17) is 4.74 Å². The van der Waals surface area contributed by atoms with Crippen LogP contribution in [0.5, 0.6) is 5.75 Å². The quantitative estimate of drug-likeness (QED) is 0.585. The van der Waals surface area contributed by atoms with Gasteiger partial charge in [0.15, 0.2) is 0 Å². The molecule has 154 valence electrons. The lowest BCUT2D eigenvalue weighted by Crippen LogP contribution is -2.41. The van der Waals surface area contributed by atoms with Crippen molar-refractivity contribution in [3.63, 3.8) is 0 Å². The van der Waals surface area contributed by atoms with Crippen molar-refractivity contribution in [2.75, 3.05) is 13.1 Å². The van der Waals surface area contributed by atoms with Gasteiger partial charge in [-0.15, -0.1) is 24.8 Å². The van der Waals surface area contributed by atoms with Crippen molar-refractivity contribution in [2.24, 2.45) is 0 Å². The van der Waals surface area contributed by atoms with E-state index >= 15 is 0 Å². The Morgan fingerprint density at radius 1 is 1.10 bits per heavy atom. The van der Waals surface area contributed by atoms with E-state index in [2.05, 4.69) is 34.2 Å². The molecule has 1 aromatic carbocycles. The minimum Gasteiger partial charge on any atom is -0.489 e. The molecule has 0 spiro atoms. The average molecular weight is 434 g/mol. The number of piperidine rings is 1. The lowest BCUT2D eigenvalue weighted by Gasteiger charge is -2.32. The van der Waals surface area contributed by atoms with Crippen molar-refractivity contribution in [1.29, 1.82) is 0 Å². The number of hydrogen-bond acceptors (Lipinski definition) is 4. The van der Waals surface area contributed by atoms with Crippen molar-refractivity contribution in [3.05, 3.63) is 54.9 Å². The van der Waals surface area contributed by atoms with E-state index < -0.39 is 0 Å². The van der Waals surface area contributed by atoms with Crippen LogP contribution in [0.1, 0.15) is 26.2 Å². The van der Waals surface area contributed by atoms with E-state index in [0.29, 0.717) is 6.42 Å². The number of aromatic nitrogens is 2. The van der Waals surface area contributed by atoms with Gasteiger partial charge in [-0.1, -0.05) is 25.1 Å². The largest absolute Gasteiger partial charge is 0.489 e. The van der Waals surface area contributed by atoms with E-state index in [1.54, 1.807) is 12.4 Å². The number of likely N-dealkylation sites (tertiary alicyclic amines) is 1. The summed E-state index contributed by atoms with van der Waals surface area (Å²) in [5.74, 6) is 1.00. The molecule has 0 atom stereocenters. The summed E-state index contributed by atoms with van der Waals surface area (Å²) in [6.45, 7) is 3.45. The first-order valence-corrected chi connectivity index (χ1v) is 9.48. The van der Waals surface area contributed by atoms with E-state index in [9.17, 15) is 4.79 Å². The number of nitrogens with zero attached hydrogens (tertiary/aromatic N) is 3. The SMILES string of the molecule is CCC(=O)N1CCC(Oc2ccc(-c3ccc4cccnc4c3)nc2)CC1.Cl.Cl. The Labute approximate surface area is 183 Å². The summed E-state index contributed by atoms with van der Waals surface area (Å²) in [5.41, 5.74) is 2.91. The first-order valence-electron chi connectivity index (χ1n) is 9.48. The molecule has 1 fully saturated rings. The van der Waals surface area contributed by atoms with Gasteiger partial charge in [0.25, 0.3) is 0 Å². The maximum absolute atomic E-state index is 11.8. The molecule has 0 N–H and O–H groups in total.